The predicted octanol–water partition coefficient (Wildman–Crippen LogP) is 4.49. The Morgan fingerprint density at radius 1 is 1.04 bits per heavy atom. The Morgan fingerprint density at radius 2 is 1.75 bits per heavy atom. The monoisotopic (exact) mass is 380 g/mol. The van der Waals surface area contributed by atoms with E-state index in [1.54, 1.807) is 6.92 Å². The van der Waals surface area contributed by atoms with Gasteiger partial charge in [-0.15, -0.1) is 0 Å². The third-order valence-corrected chi connectivity index (χ3v) is 5.28. The van der Waals surface area contributed by atoms with E-state index < -0.39 is 6.10 Å². The number of rotatable bonds is 8. The van der Waals surface area contributed by atoms with Crippen LogP contribution in [0.5, 0.6) is 5.75 Å². The SMILES string of the molecule is CC(C)c1ccccc1O[C@H](C)C(=O)NCc1cccc(CN2CCCC2)c1. The number of carbonyl (C=O) groups is 1. The summed E-state index contributed by atoms with van der Waals surface area (Å²) in [5.41, 5.74) is 3.56. The summed E-state index contributed by atoms with van der Waals surface area (Å²) in [5, 5.41) is 3.01. The highest BCUT2D eigenvalue weighted by atomic mass is 16.5. The predicted molar refractivity (Wildman–Crippen MR) is 113 cm³/mol. The van der Waals surface area contributed by atoms with E-state index in [2.05, 4.69) is 54.4 Å². The summed E-state index contributed by atoms with van der Waals surface area (Å²) in [6.07, 6.45) is 2.06. The quantitative estimate of drug-likeness (QED) is 0.734. The third-order valence-electron chi connectivity index (χ3n) is 5.28. The zero-order chi connectivity index (χ0) is 19.9. The van der Waals surface area contributed by atoms with E-state index in [0.717, 1.165) is 23.4 Å². The molecule has 150 valence electrons. The van der Waals surface area contributed by atoms with Gasteiger partial charge in [-0.3, -0.25) is 9.69 Å². The van der Waals surface area contributed by atoms with Gasteiger partial charge in [-0.2, -0.15) is 0 Å². The van der Waals surface area contributed by atoms with Crippen LogP contribution in [0.3, 0.4) is 0 Å². The Kier molecular flexibility index (Phi) is 7.10. The van der Waals surface area contributed by atoms with Crippen molar-refractivity contribution in [2.24, 2.45) is 0 Å². The Morgan fingerprint density at radius 3 is 2.50 bits per heavy atom. The molecule has 2 aromatic rings. The average Bonchev–Trinajstić information content (AvgIpc) is 3.19. The number of hydrogen-bond acceptors (Lipinski definition) is 3. The molecule has 1 saturated heterocycles. The van der Waals surface area contributed by atoms with Crippen molar-refractivity contribution in [2.75, 3.05) is 13.1 Å². The molecule has 4 nitrogen and oxygen atoms in total. The molecular formula is C24H32N2O2. The van der Waals surface area contributed by atoms with Crippen LogP contribution in [-0.2, 0) is 17.9 Å². The fourth-order valence-electron chi connectivity index (χ4n) is 3.68. The highest BCUT2D eigenvalue weighted by Crippen LogP contribution is 2.26. The number of carbonyl (C=O) groups excluding carboxylic acids is 1. The van der Waals surface area contributed by atoms with Crippen molar-refractivity contribution in [3.63, 3.8) is 0 Å². The maximum absolute atomic E-state index is 12.5. The van der Waals surface area contributed by atoms with Gasteiger partial charge in [-0.25, -0.2) is 0 Å². The molecule has 0 saturated carbocycles. The number of benzene rings is 2. The molecule has 0 bridgehead atoms. The molecule has 2 aromatic carbocycles. The number of nitrogens with zero attached hydrogens (tertiary/aromatic N) is 1. The van der Waals surface area contributed by atoms with Crippen molar-refractivity contribution >= 4 is 5.91 Å². The Hall–Kier alpha value is -2.33. The molecule has 1 atom stereocenters. The largest absolute Gasteiger partial charge is 0.481 e. The number of amides is 1. The second-order valence-corrected chi connectivity index (χ2v) is 7.97. The summed E-state index contributed by atoms with van der Waals surface area (Å²) in [5.74, 6) is 1.04. The molecule has 1 aliphatic heterocycles. The van der Waals surface area contributed by atoms with Crippen LogP contribution in [0.1, 0.15) is 56.2 Å². The number of ether oxygens (including phenoxy) is 1. The smallest absolute Gasteiger partial charge is 0.261 e. The highest BCUT2D eigenvalue weighted by molar-refractivity contribution is 5.80. The summed E-state index contributed by atoms with van der Waals surface area (Å²) < 4.78 is 5.95. The summed E-state index contributed by atoms with van der Waals surface area (Å²) >= 11 is 0. The Balaban J connectivity index is 1.53. The van der Waals surface area contributed by atoms with Crippen molar-refractivity contribution in [1.82, 2.24) is 10.2 Å². The van der Waals surface area contributed by atoms with Crippen LogP contribution in [0.2, 0.25) is 0 Å². The average molecular weight is 381 g/mol. The molecule has 1 heterocycles. The van der Waals surface area contributed by atoms with Gasteiger partial charge in [0.05, 0.1) is 0 Å². The van der Waals surface area contributed by atoms with E-state index in [9.17, 15) is 4.79 Å². The first-order chi connectivity index (χ1) is 13.5. The van der Waals surface area contributed by atoms with Crippen molar-refractivity contribution in [3.05, 3.63) is 65.2 Å². The molecule has 4 heteroatoms. The number of nitrogens with one attached hydrogen (secondary N) is 1. The fourth-order valence-corrected chi connectivity index (χ4v) is 3.68. The minimum Gasteiger partial charge on any atom is -0.481 e. The lowest BCUT2D eigenvalue weighted by Crippen LogP contribution is -2.36. The second kappa shape index (κ2) is 9.74. The van der Waals surface area contributed by atoms with E-state index in [-0.39, 0.29) is 5.91 Å². The number of para-hydroxylation sites is 1. The molecule has 28 heavy (non-hydrogen) atoms. The van der Waals surface area contributed by atoms with Crippen molar-refractivity contribution in [1.29, 1.82) is 0 Å². The van der Waals surface area contributed by atoms with Gasteiger partial charge >= 0.3 is 0 Å². The summed E-state index contributed by atoms with van der Waals surface area (Å²) in [4.78, 5) is 15.0. The Labute approximate surface area is 168 Å². The fraction of sp³-hybridized carbons (Fsp3) is 0.458. The maximum Gasteiger partial charge on any atom is 0.261 e. The van der Waals surface area contributed by atoms with Crippen molar-refractivity contribution in [2.45, 2.75) is 58.7 Å². The van der Waals surface area contributed by atoms with Gasteiger partial charge in [0.15, 0.2) is 6.10 Å². The molecule has 0 radical (unpaired) electrons. The molecule has 0 spiro atoms. The van der Waals surface area contributed by atoms with Crippen LogP contribution in [0, 0.1) is 0 Å². The van der Waals surface area contributed by atoms with Crippen LogP contribution in [0.4, 0.5) is 0 Å². The maximum atomic E-state index is 12.5. The van der Waals surface area contributed by atoms with E-state index in [1.165, 1.54) is 31.5 Å². The highest BCUT2D eigenvalue weighted by Gasteiger charge is 2.17. The van der Waals surface area contributed by atoms with Crippen LogP contribution < -0.4 is 10.1 Å². The second-order valence-electron chi connectivity index (χ2n) is 7.97. The molecule has 1 aliphatic rings. The van der Waals surface area contributed by atoms with E-state index in [1.807, 2.05) is 18.2 Å². The summed E-state index contributed by atoms with van der Waals surface area (Å²) in [7, 11) is 0. The molecular weight excluding hydrogens is 348 g/mol. The van der Waals surface area contributed by atoms with Crippen LogP contribution in [-0.4, -0.2) is 30.0 Å². The minimum atomic E-state index is -0.535. The molecule has 1 N–H and O–H groups in total. The first-order valence-electron chi connectivity index (χ1n) is 10.4. The molecule has 3 rings (SSSR count). The molecule has 0 unspecified atom stereocenters. The lowest BCUT2D eigenvalue weighted by molar-refractivity contribution is -0.127. The van der Waals surface area contributed by atoms with Crippen LogP contribution in [0.25, 0.3) is 0 Å². The van der Waals surface area contributed by atoms with Gasteiger partial charge in [0.1, 0.15) is 5.75 Å². The van der Waals surface area contributed by atoms with Crippen molar-refractivity contribution < 1.29 is 9.53 Å². The summed E-state index contributed by atoms with van der Waals surface area (Å²) in [6.45, 7) is 9.95. The van der Waals surface area contributed by atoms with E-state index in [0.29, 0.717) is 12.5 Å². The van der Waals surface area contributed by atoms with Crippen LogP contribution >= 0.6 is 0 Å². The molecule has 0 aliphatic carbocycles. The van der Waals surface area contributed by atoms with Crippen LogP contribution in [0.15, 0.2) is 48.5 Å². The van der Waals surface area contributed by atoms with E-state index in [4.69, 9.17) is 4.74 Å². The minimum absolute atomic E-state index is 0.0940. The standard InChI is InChI=1S/C24H32N2O2/c1-18(2)22-11-4-5-12-23(22)28-19(3)24(27)25-16-20-9-8-10-21(15-20)17-26-13-6-7-14-26/h4-5,8-12,15,18-19H,6-7,13-14,16-17H2,1-3H3,(H,25,27)/t19-/m1/s1. The lowest BCUT2D eigenvalue weighted by Gasteiger charge is -2.19. The van der Waals surface area contributed by atoms with Gasteiger partial charge in [0.25, 0.3) is 5.91 Å². The first kappa shape index (κ1) is 20.4. The molecule has 1 amide bonds. The molecule has 0 aromatic heterocycles. The zero-order valence-corrected chi connectivity index (χ0v) is 17.3. The zero-order valence-electron chi connectivity index (χ0n) is 17.3. The van der Waals surface area contributed by atoms with E-state index >= 15 is 0 Å². The first-order valence-corrected chi connectivity index (χ1v) is 10.4. The van der Waals surface area contributed by atoms with Crippen molar-refractivity contribution in [3.8, 4) is 5.75 Å². The normalized spacial score (nSPS) is 15.6. The van der Waals surface area contributed by atoms with Gasteiger partial charge in [0, 0.05) is 13.1 Å². The Bertz CT molecular complexity index is 782. The van der Waals surface area contributed by atoms with Gasteiger partial charge in [-0.1, -0.05) is 56.3 Å². The summed E-state index contributed by atoms with van der Waals surface area (Å²) in [6, 6.07) is 16.4. The van der Waals surface area contributed by atoms with Gasteiger partial charge < -0.3 is 10.1 Å². The number of hydrogen-bond donors (Lipinski definition) is 1. The molecule has 1 fully saturated rings. The van der Waals surface area contributed by atoms with Gasteiger partial charge in [-0.05, 0) is 61.5 Å². The number of likely N-dealkylation sites (tertiary alicyclic amines) is 1. The lowest BCUT2D eigenvalue weighted by atomic mass is 10.0. The third kappa shape index (κ3) is 5.59. The topological polar surface area (TPSA) is 41.6 Å². The van der Waals surface area contributed by atoms with Gasteiger partial charge in [0.2, 0.25) is 0 Å².